The quantitative estimate of drug-likeness (QED) is 0.0961. The summed E-state index contributed by atoms with van der Waals surface area (Å²) in [4.78, 5) is 56.0. The second-order valence-corrected chi connectivity index (χ2v) is 22.8. The third kappa shape index (κ3) is 12.5. The predicted octanol–water partition coefficient (Wildman–Crippen LogP) is 5.46. The van der Waals surface area contributed by atoms with Crippen LogP contribution in [0.15, 0.2) is 36.5 Å². The Balaban J connectivity index is 1.01. The molecule has 16 heteroatoms. The number of carbonyl (C=O) groups excluding carboxylic acids is 3. The summed E-state index contributed by atoms with van der Waals surface area (Å²) >= 11 is 0. The Hall–Kier alpha value is -4.26. The summed E-state index contributed by atoms with van der Waals surface area (Å²) in [5.41, 5.74) is 13.9. The number of likely N-dealkylation sites (tertiary alicyclic amines) is 1. The minimum absolute atomic E-state index is 0.0113. The first-order valence-corrected chi connectivity index (χ1v) is 28.1. The van der Waals surface area contributed by atoms with Gasteiger partial charge in [0.2, 0.25) is 5.91 Å². The van der Waals surface area contributed by atoms with Gasteiger partial charge in [-0.25, -0.2) is 5.43 Å². The summed E-state index contributed by atoms with van der Waals surface area (Å²) in [5.74, 6) is 0.0711. The molecule has 16 nitrogen and oxygen atoms in total. The van der Waals surface area contributed by atoms with Crippen molar-refractivity contribution >= 4 is 39.8 Å². The van der Waals surface area contributed by atoms with Crippen LogP contribution in [0.2, 0.25) is 0 Å². The molecule has 2 aromatic heterocycles. The molecule has 1 aromatic carbocycles. The molecule has 9 rings (SSSR count). The Bertz CT molecular complexity index is 2420. The number of aliphatic hydroxyl groups excluding tert-OH is 1. The smallest absolute Gasteiger partial charge is 0.324 e. The maximum atomic E-state index is 14.4. The molecule has 0 radical (unpaired) electrons. The van der Waals surface area contributed by atoms with E-state index >= 15 is 0 Å². The van der Waals surface area contributed by atoms with Gasteiger partial charge in [0.25, 0.3) is 0 Å². The van der Waals surface area contributed by atoms with Gasteiger partial charge in [-0.1, -0.05) is 45.8 Å². The van der Waals surface area contributed by atoms with Gasteiger partial charge in [-0.05, 0) is 119 Å². The summed E-state index contributed by atoms with van der Waals surface area (Å²) < 4.78 is 14.4. The number of piperidine rings is 1. The van der Waals surface area contributed by atoms with Gasteiger partial charge in [-0.2, -0.15) is 0 Å². The number of ether oxygens (including phenoxy) is 2. The van der Waals surface area contributed by atoms with Crippen molar-refractivity contribution in [2.24, 2.45) is 11.3 Å². The maximum Gasteiger partial charge on any atom is 0.324 e. The van der Waals surface area contributed by atoms with Gasteiger partial charge in [0, 0.05) is 99.9 Å². The lowest BCUT2D eigenvalue weighted by Crippen LogP contribution is -2.58. The first-order valence-electron chi connectivity index (χ1n) is 28.1. The van der Waals surface area contributed by atoms with Crippen LogP contribution in [0.4, 0.5) is 5.69 Å². The van der Waals surface area contributed by atoms with E-state index in [0.717, 1.165) is 162 Å². The van der Waals surface area contributed by atoms with Gasteiger partial charge in [0.05, 0.1) is 67.3 Å². The van der Waals surface area contributed by atoms with Crippen molar-refractivity contribution < 1.29 is 29.0 Å². The molecule has 5 aliphatic heterocycles. The number of hydrogen-bond acceptors (Lipinski definition) is 14. The van der Waals surface area contributed by atoms with Crippen molar-refractivity contribution in [2.45, 2.75) is 149 Å². The van der Waals surface area contributed by atoms with Crippen molar-refractivity contribution in [2.75, 3.05) is 96.7 Å². The highest BCUT2D eigenvalue weighted by Gasteiger charge is 2.39. The molecular weight excluding hydrogens is 921 g/mol. The van der Waals surface area contributed by atoms with Crippen molar-refractivity contribution in [1.29, 1.82) is 0 Å². The van der Waals surface area contributed by atoms with E-state index in [1.807, 2.05) is 6.20 Å². The fraction of sp³-hybridized carbons (Fsp3) is 0.684. The topological polar surface area (TPSA) is 169 Å². The number of carbonyl (C=O) groups is 3. The third-order valence-electron chi connectivity index (χ3n) is 16.8. The fourth-order valence-corrected chi connectivity index (χ4v) is 12.9. The first-order chi connectivity index (χ1) is 35.3. The Morgan fingerprint density at radius 1 is 1.00 bits per heavy atom. The standard InChI is InChI=1S/C57H86N10O6/c1-7-58-43-19-23-65(24-20-43)53(40-13-9-10-14-40)55(70)61-50(38(3)68)35-63-22-12-15-42(33-63)41-17-18-51-46(29-41)48(31-57(5,6)37-73-56(71)49-16-11-21-60-62-49)54(67(51)8-2)47-30-44(32-59-52(47)39(4)69)66-26-25-64-27-28-72-36-45(64)34-66/h15,17-18,29-30,32,39-40,43,45,49-50,53,58,60,62,69H,7-14,16,19-28,31,33-37H2,1-6H3,(H,61,70)/t39-,45?,49-,50-,53-/m0/s1. The highest BCUT2D eigenvalue weighted by molar-refractivity contribution is 5.95. The van der Waals surface area contributed by atoms with Crippen LogP contribution < -0.4 is 26.4 Å². The second kappa shape index (κ2) is 24.2. The van der Waals surface area contributed by atoms with Crippen LogP contribution in [0.1, 0.15) is 122 Å². The van der Waals surface area contributed by atoms with Gasteiger partial charge < -0.3 is 34.7 Å². The van der Waals surface area contributed by atoms with E-state index in [1.165, 1.54) is 5.57 Å². The summed E-state index contributed by atoms with van der Waals surface area (Å²) in [7, 11) is 0. The number of benzene rings is 1. The second-order valence-electron chi connectivity index (χ2n) is 22.8. The summed E-state index contributed by atoms with van der Waals surface area (Å²) in [5, 5.41) is 19.5. The maximum absolute atomic E-state index is 14.4. The van der Waals surface area contributed by atoms with E-state index in [9.17, 15) is 19.5 Å². The zero-order valence-electron chi connectivity index (χ0n) is 44.9. The summed E-state index contributed by atoms with van der Waals surface area (Å²) in [6, 6.07) is 8.64. The van der Waals surface area contributed by atoms with Gasteiger partial charge in [0.15, 0.2) is 5.78 Å². The van der Waals surface area contributed by atoms with E-state index in [0.29, 0.717) is 56.4 Å². The number of rotatable bonds is 19. The molecule has 1 amide bonds. The lowest BCUT2D eigenvalue weighted by Gasteiger charge is -2.44. The molecule has 0 bridgehead atoms. The third-order valence-corrected chi connectivity index (χ3v) is 16.8. The number of aliphatic hydroxyl groups is 1. The zero-order valence-corrected chi connectivity index (χ0v) is 44.9. The molecule has 400 valence electrons. The van der Waals surface area contributed by atoms with Crippen LogP contribution in [0.3, 0.4) is 0 Å². The number of pyridine rings is 1. The zero-order chi connectivity index (χ0) is 51.2. The minimum atomic E-state index is -0.818. The predicted molar refractivity (Wildman–Crippen MR) is 288 cm³/mol. The Morgan fingerprint density at radius 3 is 2.53 bits per heavy atom. The number of hydrogen-bond donors (Lipinski definition) is 5. The molecule has 5 N–H and O–H groups in total. The van der Waals surface area contributed by atoms with Crippen LogP contribution in [0.5, 0.6) is 0 Å². The van der Waals surface area contributed by atoms with Gasteiger partial charge >= 0.3 is 5.97 Å². The Labute approximate surface area is 434 Å². The van der Waals surface area contributed by atoms with Crippen molar-refractivity contribution in [1.82, 2.24) is 45.7 Å². The lowest BCUT2D eigenvalue weighted by molar-refractivity contribution is -0.150. The average molecular weight is 1010 g/mol. The van der Waals surface area contributed by atoms with Crippen LogP contribution in [-0.2, 0) is 36.8 Å². The molecule has 5 fully saturated rings. The number of esters is 1. The van der Waals surface area contributed by atoms with Crippen molar-refractivity contribution in [3.63, 3.8) is 0 Å². The SMILES string of the molecule is CCNC1CCN([C@H](C(=O)N[C@@H](CN2CCC=C(c3ccc4c(c3)c(CC(C)(C)COC(=O)[C@@H]3CCCNN3)c(-c3cc(N5CCN6CCOCC6C5)cnc3[C@H](C)O)n4CC)C2)C(C)=O)C2CCCC2)CC1. The molecule has 7 heterocycles. The highest BCUT2D eigenvalue weighted by Crippen LogP contribution is 2.43. The Morgan fingerprint density at radius 2 is 1.81 bits per heavy atom. The monoisotopic (exact) mass is 1010 g/mol. The molecular formula is C57H86N10O6. The van der Waals surface area contributed by atoms with E-state index in [1.54, 1.807) is 13.8 Å². The Kier molecular flexibility index (Phi) is 17.7. The molecule has 1 aliphatic carbocycles. The summed E-state index contributed by atoms with van der Waals surface area (Å²) in [6.07, 6.45) is 13.0. The normalized spacial score (nSPS) is 23.5. The van der Waals surface area contributed by atoms with Gasteiger partial charge in [0.1, 0.15) is 6.04 Å². The molecule has 3 aromatic rings. The van der Waals surface area contributed by atoms with Crippen LogP contribution in [-0.4, -0.2) is 169 Å². The molecule has 4 saturated heterocycles. The largest absolute Gasteiger partial charge is 0.464 e. The number of nitrogens with one attached hydrogen (secondary N) is 4. The van der Waals surface area contributed by atoms with Crippen LogP contribution in [0, 0.1) is 11.3 Å². The lowest BCUT2D eigenvalue weighted by atomic mass is 9.84. The molecule has 0 spiro atoms. The van der Waals surface area contributed by atoms with Crippen LogP contribution >= 0.6 is 0 Å². The van der Waals surface area contributed by atoms with Crippen molar-refractivity contribution in [3.8, 4) is 11.3 Å². The number of ketones is 1. The first kappa shape index (κ1) is 53.6. The summed E-state index contributed by atoms with van der Waals surface area (Å²) in [6.45, 7) is 23.6. The minimum Gasteiger partial charge on any atom is -0.464 e. The van der Waals surface area contributed by atoms with Gasteiger partial charge in [-0.3, -0.25) is 39.5 Å². The van der Waals surface area contributed by atoms with E-state index < -0.39 is 17.6 Å². The molecule has 73 heavy (non-hydrogen) atoms. The molecule has 1 unspecified atom stereocenters. The number of amides is 1. The molecule has 5 atom stereocenters. The number of anilines is 1. The van der Waals surface area contributed by atoms with Crippen LogP contribution in [0.25, 0.3) is 27.7 Å². The molecule has 1 saturated carbocycles. The fourth-order valence-electron chi connectivity index (χ4n) is 12.9. The highest BCUT2D eigenvalue weighted by atomic mass is 16.5. The average Bonchev–Trinajstić information content (AvgIpc) is 4.04. The van der Waals surface area contributed by atoms with Crippen molar-refractivity contribution in [3.05, 3.63) is 53.4 Å². The van der Waals surface area contributed by atoms with E-state index in [4.69, 9.17) is 14.5 Å². The van der Waals surface area contributed by atoms with E-state index in [2.05, 4.69) is 104 Å². The number of nitrogens with zero attached hydrogens (tertiary/aromatic N) is 6. The number of hydrazine groups is 1. The van der Waals surface area contributed by atoms with E-state index in [-0.39, 0.29) is 36.4 Å². The number of aromatic nitrogens is 2. The number of piperazine rings is 1. The number of aryl methyl sites for hydroxylation is 1. The van der Waals surface area contributed by atoms with Gasteiger partial charge in [-0.15, -0.1) is 0 Å². The number of Topliss-reactive ketones (excluding diaryl/α,β-unsaturated/α-hetero) is 1. The number of fused-ring (bicyclic) bond motifs is 2. The molecule has 6 aliphatic rings. The number of morpholine rings is 1.